The van der Waals surface area contributed by atoms with Crippen LogP contribution in [0, 0.1) is 0 Å². The van der Waals surface area contributed by atoms with Crippen LogP contribution in [0.3, 0.4) is 0 Å². The van der Waals surface area contributed by atoms with Gasteiger partial charge in [-0.3, -0.25) is 0 Å². The summed E-state index contributed by atoms with van der Waals surface area (Å²) in [5.74, 6) is 0.488. The van der Waals surface area contributed by atoms with Crippen molar-refractivity contribution in [3.63, 3.8) is 0 Å². The van der Waals surface area contributed by atoms with Gasteiger partial charge in [0.25, 0.3) is 0 Å². The summed E-state index contributed by atoms with van der Waals surface area (Å²) in [6.07, 6.45) is -0.346. The zero-order valence-corrected chi connectivity index (χ0v) is 16.0. The molecule has 0 bridgehead atoms. The zero-order valence-electron chi connectivity index (χ0n) is 14.5. The fourth-order valence-electron chi connectivity index (χ4n) is 2.30. The maximum absolute atomic E-state index is 11.9. The highest BCUT2D eigenvalue weighted by Gasteiger charge is 2.22. The van der Waals surface area contributed by atoms with Gasteiger partial charge in [-0.05, 0) is 24.6 Å². The van der Waals surface area contributed by atoms with E-state index in [4.69, 9.17) is 32.7 Å². The number of alkyl carbamates (subject to hydrolysis) is 1. The standard InChI is InChI=1S/C17H24Cl2N2O4/c1-3-25-17(23)20-15(16(22)24-2)12-13-4-6-14(7-5-13)21(10-8-18)11-9-19/h4-7,15H,3,8-12H2,1-2H3,(H,20,23)/t15-/m0/s1. The number of ether oxygens (including phenoxy) is 2. The van der Waals surface area contributed by atoms with Crippen molar-refractivity contribution in [1.29, 1.82) is 0 Å². The molecular formula is C17H24Cl2N2O4. The van der Waals surface area contributed by atoms with E-state index in [1.807, 2.05) is 24.3 Å². The average molecular weight is 391 g/mol. The minimum absolute atomic E-state index is 0.228. The van der Waals surface area contributed by atoms with Crippen LogP contribution < -0.4 is 10.2 Å². The molecule has 8 heteroatoms. The lowest BCUT2D eigenvalue weighted by Crippen LogP contribution is -2.43. The highest BCUT2D eigenvalue weighted by Crippen LogP contribution is 2.17. The Kier molecular flexibility index (Phi) is 10.1. The molecule has 0 saturated carbocycles. The average Bonchev–Trinajstić information content (AvgIpc) is 2.61. The van der Waals surface area contributed by atoms with E-state index in [0.29, 0.717) is 31.3 Å². The van der Waals surface area contributed by atoms with Crippen LogP contribution in [0.15, 0.2) is 24.3 Å². The molecule has 0 heterocycles. The lowest BCUT2D eigenvalue weighted by Gasteiger charge is -2.23. The van der Waals surface area contributed by atoms with E-state index >= 15 is 0 Å². The molecule has 0 aromatic heterocycles. The fraction of sp³-hybridized carbons (Fsp3) is 0.529. The second kappa shape index (κ2) is 11.8. The fourth-order valence-corrected chi connectivity index (χ4v) is 2.71. The molecule has 0 radical (unpaired) electrons. The van der Waals surface area contributed by atoms with Gasteiger partial charge in [-0.1, -0.05) is 12.1 Å². The van der Waals surface area contributed by atoms with E-state index in [1.54, 1.807) is 6.92 Å². The molecule has 1 aromatic rings. The van der Waals surface area contributed by atoms with Crippen molar-refractivity contribution in [1.82, 2.24) is 5.32 Å². The molecule has 1 amide bonds. The van der Waals surface area contributed by atoms with Crippen molar-refractivity contribution in [2.45, 2.75) is 19.4 Å². The lowest BCUT2D eigenvalue weighted by molar-refractivity contribution is -0.142. The van der Waals surface area contributed by atoms with Gasteiger partial charge in [-0.25, -0.2) is 9.59 Å². The number of halogens is 2. The number of amides is 1. The van der Waals surface area contributed by atoms with Gasteiger partial charge in [0.1, 0.15) is 6.04 Å². The molecule has 0 unspecified atom stereocenters. The minimum Gasteiger partial charge on any atom is -0.467 e. The molecule has 0 aliphatic rings. The Balaban J connectivity index is 2.80. The van der Waals surface area contributed by atoms with E-state index < -0.39 is 18.1 Å². The summed E-state index contributed by atoms with van der Waals surface area (Å²) >= 11 is 11.6. The van der Waals surface area contributed by atoms with Gasteiger partial charge < -0.3 is 19.7 Å². The lowest BCUT2D eigenvalue weighted by atomic mass is 10.1. The quantitative estimate of drug-likeness (QED) is 0.491. The minimum atomic E-state index is -0.809. The topological polar surface area (TPSA) is 67.9 Å². The number of hydrogen-bond acceptors (Lipinski definition) is 5. The van der Waals surface area contributed by atoms with Crippen LogP contribution in [-0.4, -0.2) is 56.7 Å². The number of carbonyl (C=O) groups excluding carboxylic acids is 2. The largest absolute Gasteiger partial charge is 0.467 e. The van der Waals surface area contributed by atoms with E-state index in [2.05, 4.69) is 10.2 Å². The van der Waals surface area contributed by atoms with Crippen LogP contribution in [0.2, 0.25) is 0 Å². The number of hydrogen-bond donors (Lipinski definition) is 1. The van der Waals surface area contributed by atoms with Gasteiger partial charge >= 0.3 is 12.1 Å². The van der Waals surface area contributed by atoms with Gasteiger partial charge in [0.15, 0.2) is 0 Å². The molecule has 1 N–H and O–H groups in total. The number of rotatable bonds is 10. The van der Waals surface area contributed by atoms with Crippen LogP contribution in [-0.2, 0) is 20.7 Å². The summed E-state index contributed by atoms with van der Waals surface area (Å²) in [7, 11) is 1.28. The van der Waals surface area contributed by atoms with E-state index in [1.165, 1.54) is 7.11 Å². The van der Waals surface area contributed by atoms with Crippen LogP contribution in [0.4, 0.5) is 10.5 Å². The number of alkyl halides is 2. The summed E-state index contributed by atoms with van der Waals surface area (Å²) in [6.45, 7) is 3.32. The number of nitrogens with one attached hydrogen (secondary N) is 1. The van der Waals surface area contributed by atoms with Crippen molar-refractivity contribution in [3.8, 4) is 0 Å². The Bertz CT molecular complexity index is 534. The molecule has 1 aromatic carbocycles. The summed E-state index contributed by atoms with van der Waals surface area (Å²) in [5.41, 5.74) is 1.88. The zero-order chi connectivity index (χ0) is 18.7. The molecule has 0 spiro atoms. The SMILES string of the molecule is CCOC(=O)N[C@@H](Cc1ccc(N(CCCl)CCCl)cc1)C(=O)OC. The van der Waals surface area contributed by atoms with Gasteiger partial charge in [0.05, 0.1) is 13.7 Å². The van der Waals surface area contributed by atoms with Crippen molar-refractivity contribution in [2.75, 3.05) is 43.5 Å². The first kappa shape index (κ1) is 21.4. The predicted molar refractivity (Wildman–Crippen MR) is 99.8 cm³/mol. The van der Waals surface area contributed by atoms with Crippen LogP contribution in [0.25, 0.3) is 0 Å². The Morgan fingerprint density at radius 2 is 1.76 bits per heavy atom. The smallest absolute Gasteiger partial charge is 0.407 e. The second-order valence-corrected chi connectivity index (χ2v) is 5.93. The van der Waals surface area contributed by atoms with Crippen molar-refractivity contribution >= 4 is 41.0 Å². The van der Waals surface area contributed by atoms with Gasteiger partial charge in [0, 0.05) is 37.0 Å². The van der Waals surface area contributed by atoms with Crippen molar-refractivity contribution in [3.05, 3.63) is 29.8 Å². The van der Waals surface area contributed by atoms with Gasteiger partial charge in [-0.15, -0.1) is 23.2 Å². The number of esters is 1. The molecule has 0 saturated heterocycles. The molecule has 0 aliphatic heterocycles. The Morgan fingerprint density at radius 3 is 2.24 bits per heavy atom. The highest BCUT2D eigenvalue weighted by atomic mass is 35.5. The monoisotopic (exact) mass is 390 g/mol. The molecule has 0 aliphatic carbocycles. The first-order valence-electron chi connectivity index (χ1n) is 8.02. The van der Waals surface area contributed by atoms with Crippen LogP contribution in [0.5, 0.6) is 0 Å². The van der Waals surface area contributed by atoms with Gasteiger partial charge in [0.2, 0.25) is 0 Å². The van der Waals surface area contributed by atoms with Crippen LogP contribution in [0.1, 0.15) is 12.5 Å². The number of methoxy groups -OCH3 is 1. The van der Waals surface area contributed by atoms with E-state index in [0.717, 1.165) is 11.3 Å². The third kappa shape index (κ3) is 7.40. The molecular weight excluding hydrogens is 367 g/mol. The maximum Gasteiger partial charge on any atom is 0.407 e. The third-order valence-electron chi connectivity index (χ3n) is 3.50. The predicted octanol–water partition coefficient (Wildman–Crippen LogP) is 2.80. The Labute approximate surface area is 158 Å². The maximum atomic E-state index is 11.9. The first-order valence-corrected chi connectivity index (χ1v) is 9.09. The summed E-state index contributed by atoms with van der Waals surface area (Å²) in [5, 5.41) is 2.51. The number of benzene rings is 1. The first-order chi connectivity index (χ1) is 12.0. The Hall–Kier alpha value is -1.66. The molecule has 1 atom stereocenters. The summed E-state index contributed by atoms with van der Waals surface area (Å²) in [4.78, 5) is 25.5. The van der Waals surface area contributed by atoms with E-state index in [9.17, 15) is 9.59 Å². The molecule has 6 nitrogen and oxygen atoms in total. The molecule has 140 valence electrons. The number of nitrogens with zero attached hydrogens (tertiary/aromatic N) is 1. The molecule has 0 fully saturated rings. The summed E-state index contributed by atoms with van der Waals surface area (Å²) < 4.78 is 9.56. The van der Waals surface area contributed by atoms with E-state index in [-0.39, 0.29) is 6.61 Å². The van der Waals surface area contributed by atoms with Crippen molar-refractivity contribution in [2.24, 2.45) is 0 Å². The van der Waals surface area contributed by atoms with Gasteiger partial charge in [-0.2, -0.15) is 0 Å². The molecule has 1 rings (SSSR count). The molecule has 25 heavy (non-hydrogen) atoms. The van der Waals surface area contributed by atoms with Crippen LogP contribution >= 0.6 is 23.2 Å². The Morgan fingerprint density at radius 1 is 1.16 bits per heavy atom. The normalized spacial score (nSPS) is 11.5. The number of anilines is 1. The second-order valence-electron chi connectivity index (χ2n) is 5.18. The highest BCUT2D eigenvalue weighted by molar-refractivity contribution is 6.18. The summed E-state index contributed by atoms with van der Waals surface area (Å²) in [6, 6.07) is 6.86. The van der Waals surface area contributed by atoms with Crippen molar-refractivity contribution < 1.29 is 19.1 Å². The third-order valence-corrected chi connectivity index (χ3v) is 3.84. The number of carbonyl (C=O) groups is 2.